The second-order valence-electron chi connectivity index (χ2n) is 6.51. The first-order valence-corrected chi connectivity index (χ1v) is 9.57. The number of nitro groups is 1. The molecule has 0 aliphatic carbocycles. The van der Waals surface area contributed by atoms with Gasteiger partial charge in [-0.1, -0.05) is 28.1 Å². The van der Waals surface area contributed by atoms with Gasteiger partial charge in [-0.2, -0.15) is 5.10 Å². The van der Waals surface area contributed by atoms with E-state index in [1.165, 1.54) is 27.8 Å². The van der Waals surface area contributed by atoms with Gasteiger partial charge in [-0.25, -0.2) is 9.67 Å². The van der Waals surface area contributed by atoms with Gasteiger partial charge in [-0.3, -0.25) is 19.5 Å². The number of nitrogens with zero attached hydrogens (tertiary/aromatic N) is 5. The van der Waals surface area contributed by atoms with Gasteiger partial charge in [0.15, 0.2) is 17.1 Å². The predicted molar refractivity (Wildman–Crippen MR) is 109 cm³/mol. The molecule has 1 aliphatic heterocycles. The lowest BCUT2D eigenvalue weighted by atomic mass is 10.2. The average Bonchev–Trinajstić information content (AvgIpc) is 3.37. The zero-order valence-corrected chi connectivity index (χ0v) is 16.8. The number of aromatic nitrogens is 4. The van der Waals surface area contributed by atoms with Crippen molar-refractivity contribution in [1.29, 1.82) is 0 Å². The SMILES string of the molecule is O=c1c2cnn(-c3ccccc3[N+](=O)[O-])c2ncn1Cc1cc2c(cc1Br)OCO2. The Morgan fingerprint density at radius 2 is 1.97 bits per heavy atom. The first kappa shape index (κ1) is 18.3. The number of ether oxygens (including phenoxy) is 2. The van der Waals surface area contributed by atoms with Gasteiger partial charge in [0.05, 0.1) is 17.7 Å². The van der Waals surface area contributed by atoms with Crippen molar-refractivity contribution in [3.8, 4) is 17.2 Å². The van der Waals surface area contributed by atoms with E-state index in [-0.39, 0.29) is 41.3 Å². The molecular formula is C19H12BrN5O5. The van der Waals surface area contributed by atoms with E-state index in [0.717, 1.165) is 10.0 Å². The summed E-state index contributed by atoms with van der Waals surface area (Å²) in [5.41, 5.74) is 0.858. The van der Waals surface area contributed by atoms with Gasteiger partial charge in [0, 0.05) is 10.5 Å². The lowest BCUT2D eigenvalue weighted by Gasteiger charge is -2.09. The number of nitro benzene ring substituents is 1. The lowest BCUT2D eigenvalue weighted by Crippen LogP contribution is -2.21. The smallest absolute Gasteiger partial charge is 0.294 e. The number of benzene rings is 2. The summed E-state index contributed by atoms with van der Waals surface area (Å²) in [7, 11) is 0. The summed E-state index contributed by atoms with van der Waals surface area (Å²) in [6.45, 7) is 0.402. The summed E-state index contributed by atoms with van der Waals surface area (Å²) in [6.07, 6.45) is 2.77. The molecule has 150 valence electrons. The molecule has 0 saturated carbocycles. The second-order valence-corrected chi connectivity index (χ2v) is 7.37. The Morgan fingerprint density at radius 1 is 1.20 bits per heavy atom. The summed E-state index contributed by atoms with van der Waals surface area (Å²) < 4.78 is 14.3. The van der Waals surface area contributed by atoms with Crippen LogP contribution in [0.5, 0.6) is 11.5 Å². The topological polar surface area (TPSA) is 114 Å². The molecule has 0 unspecified atom stereocenters. The van der Waals surface area contributed by atoms with E-state index in [4.69, 9.17) is 9.47 Å². The van der Waals surface area contributed by atoms with Gasteiger partial charge in [0.1, 0.15) is 17.4 Å². The van der Waals surface area contributed by atoms with Crippen LogP contribution in [0.25, 0.3) is 16.7 Å². The van der Waals surface area contributed by atoms with E-state index in [1.54, 1.807) is 30.3 Å². The van der Waals surface area contributed by atoms with E-state index < -0.39 is 4.92 Å². The molecule has 0 N–H and O–H groups in total. The second kappa shape index (κ2) is 6.95. The minimum atomic E-state index is -0.499. The first-order chi connectivity index (χ1) is 14.5. The molecule has 5 rings (SSSR count). The molecule has 0 fully saturated rings. The van der Waals surface area contributed by atoms with Crippen LogP contribution in [-0.4, -0.2) is 31.0 Å². The van der Waals surface area contributed by atoms with Crippen LogP contribution in [0.1, 0.15) is 5.56 Å². The number of hydrogen-bond acceptors (Lipinski definition) is 7. The predicted octanol–water partition coefficient (Wildman–Crippen LogP) is 3.03. The Kier molecular flexibility index (Phi) is 4.24. The lowest BCUT2D eigenvalue weighted by molar-refractivity contribution is -0.384. The Morgan fingerprint density at radius 3 is 2.77 bits per heavy atom. The molecule has 0 bridgehead atoms. The third-order valence-corrected chi connectivity index (χ3v) is 5.48. The van der Waals surface area contributed by atoms with Crippen LogP contribution in [0.3, 0.4) is 0 Å². The molecule has 30 heavy (non-hydrogen) atoms. The standard InChI is InChI=1S/C19H12BrN5O5/c20-13-6-17-16(29-10-30-17)5-11(13)8-23-9-21-18-12(19(23)26)7-22-24(18)14-3-1-2-4-15(14)25(27)28/h1-7,9H,8,10H2. The Labute approximate surface area is 176 Å². The maximum absolute atomic E-state index is 13.0. The van der Waals surface area contributed by atoms with Crippen molar-refractivity contribution in [2.75, 3.05) is 6.79 Å². The fourth-order valence-corrected chi connectivity index (χ4v) is 3.75. The highest BCUT2D eigenvalue weighted by Crippen LogP contribution is 2.37. The van der Waals surface area contributed by atoms with Crippen molar-refractivity contribution in [1.82, 2.24) is 19.3 Å². The first-order valence-electron chi connectivity index (χ1n) is 8.78. The highest BCUT2D eigenvalue weighted by atomic mass is 79.9. The van der Waals surface area contributed by atoms with E-state index in [2.05, 4.69) is 26.0 Å². The molecule has 10 nitrogen and oxygen atoms in total. The highest BCUT2D eigenvalue weighted by molar-refractivity contribution is 9.10. The zero-order valence-electron chi connectivity index (χ0n) is 15.2. The fraction of sp³-hybridized carbons (Fsp3) is 0.105. The van der Waals surface area contributed by atoms with Gasteiger partial charge >= 0.3 is 0 Å². The van der Waals surface area contributed by atoms with E-state index in [1.807, 2.05) is 0 Å². The Bertz CT molecular complexity index is 1380. The molecule has 0 spiro atoms. The van der Waals surface area contributed by atoms with Crippen molar-refractivity contribution >= 4 is 32.7 Å². The molecular weight excluding hydrogens is 458 g/mol. The van der Waals surface area contributed by atoms with Crippen LogP contribution in [0.15, 0.2) is 58.2 Å². The minimum Gasteiger partial charge on any atom is -0.454 e. The zero-order chi connectivity index (χ0) is 20.8. The molecule has 3 heterocycles. The van der Waals surface area contributed by atoms with E-state index >= 15 is 0 Å². The Balaban J connectivity index is 1.58. The number of rotatable bonds is 4. The number of halogens is 1. The molecule has 0 radical (unpaired) electrons. The number of fused-ring (bicyclic) bond motifs is 2. The van der Waals surface area contributed by atoms with Crippen LogP contribution >= 0.6 is 15.9 Å². The molecule has 4 aromatic rings. The maximum atomic E-state index is 13.0. The van der Waals surface area contributed by atoms with Crippen molar-refractivity contribution in [2.45, 2.75) is 6.54 Å². The normalized spacial score (nSPS) is 12.4. The minimum absolute atomic E-state index is 0.127. The van der Waals surface area contributed by atoms with Crippen LogP contribution in [0.2, 0.25) is 0 Å². The monoisotopic (exact) mass is 469 g/mol. The maximum Gasteiger partial charge on any atom is 0.294 e. The number of hydrogen-bond donors (Lipinski definition) is 0. The van der Waals surface area contributed by atoms with Gasteiger partial charge < -0.3 is 9.47 Å². The third-order valence-electron chi connectivity index (χ3n) is 4.74. The van der Waals surface area contributed by atoms with Gasteiger partial charge in [-0.05, 0) is 23.8 Å². The summed E-state index contributed by atoms with van der Waals surface area (Å²) in [5.74, 6) is 1.25. The quantitative estimate of drug-likeness (QED) is 0.333. The molecule has 0 saturated heterocycles. The third kappa shape index (κ3) is 2.90. The average molecular weight is 470 g/mol. The van der Waals surface area contributed by atoms with Crippen LogP contribution < -0.4 is 15.0 Å². The molecule has 2 aromatic heterocycles. The molecule has 11 heteroatoms. The van der Waals surface area contributed by atoms with Crippen molar-refractivity contribution in [3.63, 3.8) is 0 Å². The highest BCUT2D eigenvalue weighted by Gasteiger charge is 2.20. The van der Waals surface area contributed by atoms with Crippen LogP contribution in [0.4, 0.5) is 5.69 Å². The summed E-state index contributed by atoms with van der Waals surface area (Å²) >= 11 is 3.49. The largest absolute Gasteiger partial charge is 0.454 e. The van der Waals surface area contributed by atoms with Gasteiger partial charge in [-0.15, -0.1) is 0 Å². The van der Waals surface area contributed by atoms with Gasteiger partial charge in [0.25, 0.3) is 11.2 Å². The van der Waals surface area contributed by atoms with Crippen LogP contribution in [-0.2, 0) is 6.54 Å². The summed E-state index contributed by atoms with van der Waals surface area (Å²) in [5, 5.41) is 15.8. The molecule has 2 aromatic carbocycles. The van der Waals surface area contributed by atoms with Crippen molar-refractivity contribution in [3.05, 3.63) is 79.4 Å². The van der Waals surface area contributed by atoms with E-state index in [0.29, 0.717) is 11.5 Å². The van der Waals surface area contributed by atoms with Crippen LogP contribution in [0, 0.1) is 10.1 Å². The number of para-hydroxylation sites is 2. The molecule has 0 amide bonds. The fourth-order valence-electron chi connectivity index (χ4n) is 3.30. The van der Waals surface area contributed by atoms with Crippen molar-refractivity contribution in [2.24, 2.45) is 0 Å². The van der Waals surface area contributed by atoms with Crippen molar-refractivity contribution < 1.29 is 14.4 Å². The molecule has 1 aliphatic rings. The van der Waals surface area contributed by atoms with Gasteiger partial charge in [0.2, 0.25) is 6.79 Å². The summed E-state index contributed by atoms with van der Waals surface area (Å²) in [4.78, 5) is 28.2. The molecule has 0 atom stereocenters. The Hall–Kier alpha value is -3.73. The van der Waals surface area contributed by atoms with E-state index in [9.17, 15) is 14.9 Å². The summed E-state index contributed by atoms with van der Waals surface area (Å²) in [6, 6.07) is 9.76.